The van der Waals surface area contributed by atoms with Crippen LogP contribution in [0.15, 0.2) is 29.1 Å². The van der Waals surface area contributed by atoms with Crippen molar-refractivity contribution in [3.05, 3.63) is 46.1 Å². The molecule has 0 aliphatic carbocycles. The minimum absolute atomic E-state index is 0.0255. The molecule has 0 spiro atoms. The van der Waals surface area contributed by atoms with Gasteiger partial charge in [0.2, 0.25) is 0 Å². The largest absolute Gasteiger partial charge is 0.548 e. The van der Waals surface area contributed by atoms with Crippen molar-refractivity contribution in [3.63, 3.8) is 0 Å². The number of hydrogen-bond acceptors (Lipinski definition) is 4. The Morgan fingerprint density at radius 3 is 2.29 bits per heavy atom. The lowest BCUT2D eigenvalue weighted by atomic mass is 9.87. The van der Waals surface area contributed by atoms with Gasteiger partial charge in [0.25, 0.3) is 0 Å². The number of nitrogens with zero attached hydrogens (tertiary/aromatic N) is 3. The first-order chi connectivity index (χ1) is 9.70. The zero-order valence-corrected chi connectivity index (χ0v) is 12.6. The predicted octanol–water partition coefficient (Wildman–Crippen LogP) is 0.390. The van der Waals surface area contributed by atoms with Crippen LogP contribution in [0.4, 0.5) is 0 Å². The summed E-state index contributed by atoms with van der Waals surface area (Å²) in [5.74, 6) is -0.908. The number of benzene rings is 1. The molecule has 0 aliphatic rings. The average molecular weight is 288 g/mol. The number of carboxylic acid groups (broad SMARTS) is 1. The molecule has 0 radical (unpaired) electrons. The van der Waals surface area contributed by atoms with Crippen LogP contribution in [0.25, 0.3) is 5.69 Å². The van der Waals surface area contributed by atoms with Gasteiger partial charge in [-0.1, -0.05) is 32.9 Å². The Morgan fingerprint density at radius 1 is 1.24 bits per heavy atom. The number of carbonyl (C=O) groups excluding carboxylic acids is 1. The standard InChI is InChI=1S/C15H19N3O3/c1-10-16-17(9-13(19)20)14(21)18(10)12-7-5-11(6-8-12)15(2,3)4/h5-8H,9H2,1-4H3,(H,19,20)/p-1. The highest BCUT2D eigenvalue weighted by atomic mass is 16.4. The molecule has 2 aromatic rings. The number of hydrogen-bond donors (Lipinski definition) is 0. The molecule has 1 aromatic heterocycles. The molecule has 6 nitrogen and oxygen atoms in total. The van der Waals surface area contributed by atoms with Gasteiger partial charge in [-0.15, -0.1) is 0 Å². The Bertz CT molecular complexity index is 718. The molecular weight excluding hydrogens is 270 g/mol. The highest BCUT2D eigenvalue weighted by molar-refractivity contribution is 5.63. The Kier molecular flexibility index (Phi) is 3.72. The van der Waals surface area contributed by atoms with Crippen LogP contribution in [0, 0.1) is 6.92 Å². The minimum atomic E-state index is -1.34. The summed E-state index contributed by atoms with van der Waals surface area (Å²) in [7, 11) is 0. The van der Waals surface area contributed by atoms with Crippen molar-refractivity contribution in [2.24, 2.45) is 0 Å². The van der Waals surface area contributed by atoms with Gasteiger partial charge in [-0.05, 0) is 30.0 Å². The summed E-state index contributed by atoms with van der Waals surface area (Å²) in [6, 6.07) is 7.58. The fraction of sp³-hybridized carbons (Fsp3) is 0.400. The summed E-state index contributed by atoms with van der Waals surface area (Å²) in [5.41, 5.74) is 1.35. The zero-order valence-electron chi connectivity index (χ0n) is 12.6. The van der Waals surface area contributed by atoms with Crippen molar-refractivity contribution in [2.45, 2.75) is 39.7 Å². The normalized spacial score (nSPS) is 11.6. The van der Waals surface area contributed by atoms with Crippen molar-refractivity contribution in [1.82, 2.24) is 14.3 Å². The molecule has 2 rings (SSSR count). The molecule has 112 valence electrons. The lowest BCUT2D eigenvalue weighted by molar-refractivity contribution is -0.306. The summed E-state index contributed by atoms with van der Waals surface area (Å²) in [5, 5.41) is 14.6. The molecule has 0 fully saturated rings. The van der Waals surface area contributed by atoms with E-state index in [-0.39, 0.29) is 5.41 Å². The van der Waals surface area contributed by atoms with E-state index < -0.39 is 18.2 Å². The number of aliphatic carboxylic acids is 1. The number of carbonyl (C=O) groups is 1. The van der Waals surface area contributed by atoms with Crippen molar-refractivity contribution >= 4 is 5.97 Å². The van der Waals surface area contributed by atoms with E-state index in [2.05, 4.69) is 25.9 Å². The smallest absolute Gasteiger partial charge is 0.350 e. The molecule has 0 aliphatic heterocycles. The van der Waals surface area contributed by atoms with Crippen LogP contribution < -0.4 is 10.8 Å². The third-order valence-corrected chi connectivity index (χ3v) is 3.27. The van der Waals surface area contributed by atoms with E-state index in [1.54, 1.807) is 6.92 Å². The molecule has 0 bridgehead atoms. The number of aromatic nitrogens is 3. The van der Waals surface area contributed by atoms with Crippen LogP contribution in [-0.2, 0) is 16.8 Å². The van der Waals surface area contributed by atoms with Gasteiger partial charge in [0, 0.05) is 0 Å². The fourth-order valence-corrected chi connectivity index (χ4v) is 2.15. The van der Waals surface area contributed by atoms with Gasteiger partial charge in [0.1, 0.15) is 5.82 Å². The van der Waals surface area contributed by atoms with Gasteiger partial charge >= 0.3 is 5.69 Å². The fourth-order valence-electron chi connectivity index (χ4n) is 2.15. The van der Waals surface area contributed by atoms with Crippen LogP contribution >= 0.6 is 0 Å². The molecule has 0 atom stereocenters. The minimum Gasteiger partial charge on any atom is -0.548 e. The van der Waals surface area contributed by atoms with Crippen LogP contribution in [0.3, 0.4) is 0 Å². The van der Waals surface area contributed by atoms with E-state index in [1.807, 2.05) is 24.3 Å². The summed E-state index contributed by atoms with van der Waals surface area (Å²) >= 11 is 0. The maximum absolute atomic E-state index is 12.2. The van der Waals surface area contributed by atoms with Crippen molar-refractivity contribution in [2.75, 3.05) is 0 Å². The van der Waals surface area contributed by atoms with Crippen LogP contribution in [0.5, 0.6) is 0 Å². The summed E-state index contributed by atoms with van der Waals surface area (Å²) in [6.07, 6.45) is 0. The number of aryl methyl sites for hydroxylation is 1. The predicted molar refractivity (Wildman–Crippen MR) is 76.3 cm³/mol. The van der Waals surface area contributed by atoms with Crippen molar-refractivity contribution in [1.29, 1.82) is 0 Å². The Hall–Kier alpha value is -2.37. The van der Waals surface area contributed by atoms with E-state index in [9.17, 15) is 14.7 Å². The monoisotopic (exact) mass is 288 g/mol. The maximum Gasteiger partial charge on any atom is 0.350 e. The van der Waals surface area contributed by atoms with E-state index in [1.165, 1.54) is 4.57 Å². The quantitative estimate of drug-likeness (QED) is 0.818. The molecule has 0 N–H and O–H groups in total. The van der Waals surface area contributed by atoms with Crippen molar-refractivity contribution < 1.29 is 9.90 Å². The Morgan fingerprint density at radius 2 is 1.81 bits per heavy atom. The highest BCUT2D eigenvalue weighted by Gasteiger charge is 2.15. The second-order valence-electron chi connectivity index (χ2n) is 5.99. The second kappa shape index (κ2) is 5.20. The average Bonchev–Trinajstić information content (AvgIpc) is 2.63. The molecule has 0 amide bonds. The molecule has 0 saturated carbocycles. The molecular formula is C15H18N3O3-. The Labute approximate surface area is 122 Å². The number of rotatable bonds is 3. The second-order valence-corrected chi connectivity index (χ2v) is 5.99. The third-order valence-electron chi connectivity index (χ3n) is 3.27. The topological polar surface area (TPSA) is 80.0 Å². The molecule has 1 heterocycles. The van der Waals surface area contributed by atoms with Gasteiger partial charge in [-0.2, -0.15) is 5.10 Å². The highest BCUT2D eigenvalue weighted by Crippen LogP contribution is 2.23. The van der Waals surface area contributed by atoms with E-state index in [0.29, 0.717) is 11.5 Å². The first kappa shape index (κ1) is 15.0. The van der Waals surface area contributed by atoms with Crippen LogP contribution in [-0.4, -0.2) is 20.3 Å². The van der Waals surface area contributed by atoms with Gasteiger partial charge in [-0.3, -0.25) is 0 Å². The summed E-state index contributed by atoms with van der Waals surface area (Å²) in [4.78, 5) is 22.8. The Balaban J connectivity index is 2.45. The SMILES string of the molecule is Cc1nn(CC(=O)[O-])c(=O)n1-c1ccc(C(C)(C)C)cc1. The molecule has 6 heteroatoms. The molecule has 0 saturated heterocycles. The molecule has 21 heavy (non-hydrogen) atoms. The van der Waals surface area contributed by atoms with Crippen LogP contribution in [0.2, 0.25) is 0 Å². The van der Waals surface area contributed by atoms with Crippen LogP contribution in [0.1, 0.15) is 32.2 Å². The maximum atomic E-state index is 12.2. The van der Waals surface area contributed by atoms with Gasteiger partial charge in [0.15, 0.2) is 0 Å². The summed E-state index contributed by atoms with van der Waals surface area (Å²) < 4.78 is 2.28. The number of carboxylic acids is 1. The van der Waals surface area contributed by atoms with Gasteiger partial charge < -0.3 is 9.90 Å². The molecule has 0 unspecified atom stereocenters. The lowest BCUT2D eigenvalue weighted by Crippen LogP contribution is -2.34. The van der Waals surface area contributed by atoms with E-state index in [0.717, 1.165) is 10.2 Å². The molecule has 1 aromatic carbocycles. The van der Waals surface area contributed by atoms with Gasteiger partial charge in [0.05, 0.1) is 18.2 Å². The first-order valence-electron chi connectivity index (χ1n) is 6.67. The van der Waals surface area contributed by atoms with Crippen molar-refractivity contribution in [3.8, 4) is 5.69 Å². The zero-order chi connectivity index (χ0) is 15.8. The first-order valence-corrected chi connectivity index (χ1v) is 6.67. The van der Waals surface area contributed by atoms with Gasteiger partial charge in [-0.25, -0.2) is 14.0 Å². The third kappa shape index (κ3) is 3.04. The van der Waals surface area contributed by atoms with E-state index in [4.69, 9.17) is 0 Å². The summed E-state index contributed by atoms with van der Waals surface area (Å²) in [6.45, 7) is 7.43. The lowest BCUT2D eigenvalue weighted by Gasteiger charge is -2.19. The van der Waals surface area contributed by atoms with E-state index >= 15 is 0 Å².